The molecule has 2 saturated heterocycles. The zero-order valence-electron chi connectivity index (χ0n) is 40.1. The van der Waals surface area contributed by atoms with E-state index in [0.29, 0.717) is 38.9 Å². The standard InChI is InChI=1S/C52H67N7O7/c1-11-44(60)57-28-32(5)40(29-57)49(62)56(9)46(31(3)4)48(61)54-42-25-34-16-13-17-35(24-34)36-20-21-43-38(26-36)39(47(58(43)12-2)37-18-14-22-53-45(37)33(6)65-10)27-52(7,8)30-66-51(64)41-19-15-23-59(55-41)50(42)63/h11,13-14,16-18,20-22,24,26,31-33,40-42,46,55H,1,12,15,19,23,25,27-30H2,2-10H3,(H,54,61)/t32-,33+,40-,41+,42+,46+/m1/s1. The number of carbonyl (C=O) groups excluding carboxylic acids is 5. The Kier molecular flexibility index (Phi) is 14.5. The molecule has 2 aromatic carbocycles. The van der Waals surface area contributed by atoms with E-state index >= 15 is 0 Å². The number of esters is 1. The normalized spacial score (nSPS) is 22.1. The predicted molar refractivity (Wildman–Crippen MR) is 254 cm³/mol. The van der Waals surface area contributed by atoms with Crippen LogP contribution < -0.4 is 10.7 Å². The minimum Gasteiger partial charge on any atom is -0.464 e. The summed E-state index contributed by atoms with van der Waals surface area (Å²) in [5, 5.41) is 5.59. The molecule has 0 saturated carbocycles. The lowest BCUT2D eigenvalue weighted by Crippen LogP contribution is -2.62. The number of fused-ring (bicyclic) bond motifs is 6. The molecule has 4 aromatic rings. The number of pyridine rings is 1. The molecule has 352 valence electrons. The van der Waals surface area contributed by atoms with Gasteiger partial charge in [-0.25, -0.2) is 5.43 Å². The number of aryl methyl sites for hydroxylation is 1. The summed E-state index contributed by atoms with van der Waals surface area (Å²) < 4.78 is 14.3. The Morgan fingerprint density at radius 2 is 1.83 bits per heavy atom. The minimum atomic E-state index is -1.05. The second-order valence-electron chi connectivity index (χ2n) is 19.5. The SMILES string of the molecule is C=CC(=O)N1C[C@@H](C)[C@H](C(=O)N(C)[C@H](C(=O)N[C@H]2Cc3cccc(c3)-c3ccc4c(c3)c(c(-c3cccnc3[C@H](C)OC)n4CC)CC(C)(C)COC(=O)[C@@H]3CCCN(N3)C2=O)C(C)C)C1. The van der Waals surface area contributed by atoms with Gasteiger partial charge >= 0.3 is 5.97 Å². The van der Waals surface area contributed by atoms with Gasteiger partial charge in [-0.1, -0.05) is 71.5 Å². The molecule has 7 rings (SSSR count). The fourth-order valence-electron chi connectivity index (χ4n) is 10.2. The molecule has 6 bridgehead atoms. The number of nitrogens with zero attached hydrogens (tertiary/aromatic N) is 5. The first-order chi connectivity index (χ1) is 31.5. The van der Waals surface area contributed by atoms with Crippen molar-refractivity contribution in [3.8, 4) is 22.4 Å². The lowest BCUT2D eigenvalue weighted by molar-refractivity contribution is -0.155. The summed E-state index contributed by atoms with van der Waals surface area (Å²) in [4.78, 5) is 77.7. The smallest absolute Gasteiger partial charge is 0.324 e. The number of cyclic esters (lactones) is 1. The summed E-state index contributed by atoms with van der Waals surface area (Å²) in [6.07, 6.45) is 4.54. The van der Waals surface area contributed by atoms with E-state index in [0.717, 1.165) is 50.1 Å². The van der Waals surface area contributed by atoms with Gasteiger partial charge in [-0.15, -0.1) is 0 Å². The molecule has 3 aliphatic rings. The number of nitrogens with one attached hydrogen (secondary N) is 2. The molecule has 5 heterocycles. The highest BCUT2D eigenvalue weighted by Gasteiger charge is 2.42. The molecular formula is C52H67N7O7. The van der Waals surface area contributed by atoms with Gasteiger partial charge in [-0.3, -0.25) is 34.0 Å². The van der Waals surface area contributed by atoms with Gasteiger partial charge in [0.15, 0.2) is 0 Å². The van der Waals surface area contributed by atoms with Gasteiger partial charge in [-0.2, -0.15) is 0 Å². The molecule has 14 heteroatoms. The van der Waals surface area contributed by atoms with Crippen molar-refractivity contribution in [2.24, 2.45) is 23.2 Å². The van der Waals surface area contributed by atoms with Crippen molar-refractivity contribution in [3.05, 3.63) is 90.3 Å². The van der Waals surface area contributed by atoms with Crippen molar-refractivity contribution in [1.82, 2.24) is 35.1 Å². The highest BCUT2D eigenvalue weighted by atomic mass is 16.5. The first kappa shape index (κ1) is 48.1. The molecule has 0 unspecified atom stereocenters. The Morgan fingerprint density at radius 3 is 2.55 bits per heavy atom. The third-order valence-corrected chi connectivity index (χ3v) is 13.7. The number of carbonyl (C=O) groups is 5. The van der Waals surface area contributed by atoms with Crippen LogP contribution in [0.25, 0.3) is 33.3 Å². The molecule has 2 N–H and O–H groups in total. The lowest BCUT2D eigenvalue weighted by atomic mass is 9.84. The Hall–Kier alpha value is -5.86. The number of hydrogen-bond donors (Lipinski definition) is 2. The highest BCUT2D eigenvalue weighted by Crippen LogP contribution is 2.42. The van der Waals surface area contributed by atoms with Crippen molar-refractivity contribution >= 4 is 40.5 Å². The average molecular weight is 902 g/mol. The van der Waals surface area contributed by atoms with E-state index in [9.17, 15) is 24.0 Å². The topological polar surface area (TPSA) is 155 Å². The second kappa shape index (κ2) is 19.9. The van der Waals surface area contributed by atoms with Crippen LogP contribution >= 0.6 is 0 Å². The second-order valence-corrected chi connectivity index (χ2v) is 19.5. The number of amides is 4. The number of likely N-dealkylation sites (N-methyl/N-ethyl adjacent to an activating group) is 1. The van der Waals surface area contributed by atoms with E-state index in [4.69, 9.17) is 14.5 Å². The monoisotopic (exact) mass is 902 g/mol. The van der Waals surface area contributed by atoms with E-state index in [-0.39, 0.29) is 49.3 Å². The molecule has 14 nitrogen and oxygen atoms in total. The van der Waals surface area contributed by atoms with Gasteiger partial charge in [0.1, 0.15) is 18.1 Å². The van der Waals surface area contributed by atoms with Gasteiger partial charge in [-0.05, 0) is 97.5 Å². The summed E-state index contributed by atoms with van der Waals surface area (Å²) in [6.45, 7) is 19.4. The number of hydrazine groups is 1. The molecule has 3 aliphatic heterocycles. The number of hydrogen-bond acceptors (Lipinski definition) is 9. The van der Waals surface area contributed by atoms with E-state index in [1.165, 1.54) is 16.0 Å². The predicted octanol–water partition coefficient (Wildman–Crippen LogP) is 6.51. The van der Waals surface area contributed by atoms with Crippen LogP contribution in [0.3, 0.4) is 0 Å². The van der Waals surface area contributed by atoms with E-state index < -0.39 is 47.2 Å². The van der Waals surface area contributed by atoms with E-state index in [1.54, 1.807) is 25.3 Å². The van der Waals surface area contributed by atoms with Crippen LogP contribution in [-0.2, 0) is 52.8 Å². The van der Waals surface area contributed by atoms with Crippen LogP contribution in [-0.4, -0.2) is 112 Å². The van der Waals surface area contributed by atoms with E-state index in [1.807, 2.05) is 45.9 Å². The van der Waals surface area contributed by atoms with Crippen LogP contribution in [0.4, 0.5) is 0 Å². The van der Waals surface area contributed by atoms with Crippen LogP contribution in [0.1, 0.15) is 84.2 Å². The van der Waals surface area contributed by atoms with Crippen LogP contribution in [0.2, 0.25) is 0 Å². The molecule has 2 aromatic heterocycles. The van der Waals surface area contributed by atoms with Crippen molar-refractivity contribution in [2.45, 2.75) is 105 Å². The number of benzene rings is 2. The Balaban J connectivity index is 1.29. The Morgan fingerprint density at radius 1 is 1.08 bits per heavy atom. The summed E-state index contributed by atoms with van der Waals surface area (Å²) >= 11 is 0. The summed E-state index contributed by atoms with van der Waals surface area (Å²) in [5.74, 6) is -2.73. The number of rotatable bonds is 10. The zero-order chi connectivity index (χ0) is 47.6. The fourth-order valence-corrected chi connectivity index (χ4v) is 10.2. The van der Waals surface area contributed by atoms with Gasteiger partial charge in [0.2, 0.25) is 17.7 Å². The maximum atomic E-state index is 14.7. The van der Waals surface area contributed by atoms with Crippen molar-refractivity contribution in [1.29, 1.82) is 0 Å². The molecule has 66 heavy (non-hydrogen) atoms. The Bertz CT molecular complexity index is 2500. The lowest BCUT2D eigenvalue weighted by Gasteiger charge is -2.37. The van der Waals surface area contributed by atoms with Crippen LogP contribution in [0, 0.1) is 23.2 Å². The third-order valence-electron chi connectivity index (χ3n) is 13.7. The Labute approximate surface area is 389 Å². The number of ether oxygens (including phenoxy) is 2. The van der Waals surface area contributed by atoms with Crippen LogP contribution in [0.15, 0.2) is 73.4 Å². The molecule has 0 radical (unpaired) electrons. The molecule has 0 spiro atoms. The molecular weight excluding hydrogens is 835 g/mol. The molecule has 4 amide bonds. The maximum absolute atomic E-state index is 14.7. The molecule has 6 atom stereocenters. The first-order valence-electron chi connectivity index (χ1n) is 23.4. The summed E-state index contributed by atoms with van der Waals surface area (Å²) in [7, 11) is 3.31. The number of aromatic nitrogens is 2. The van der Waals surface area contributed by atoms with E-state index in [2.05, 4.69) is 79.1 Å². The van der Waals surface area contributed by atoms with Crippen molar-refractivity contribution < 1.29 is 33.4 Å². The van der Waals surface area contributed by atoms with Crippen LogP contribution in [0.5, 0.6) is 0 Å². The quantitative estimate of drug-likeness (QED) is 0.134. The third kappa shape index (κ3) is 9.81. The summed E-state index contributed by atoms with van der Waals surface area (Å²) in [6, 6.07) is 15.8. The number of methoxy groups -OCH3 is 1. The van der Waals surface area contributed by atoms with Gasteiger partial charge in [0.25, 0.3) is 5.91 Å². The molecule has 2 fully saturated rings. The number of likely N-dealkylation sites (tertiary alicyclic amines) is 1. The minimum absolute atomic E-state index is 0.120. The summed E-state index contributed by atoms with van der Waals surface area (Å²) in [5.41, 5.74) is 10.5. The van der Waals surface area contributed by atoms with Gasteiger partial charge in [0, 0.05) is 74.8 Å². The van der Waals surface area contributed by atoms with Gasteiger partial charge in [0.05, 0.1) is 30.0 Å². The van der Waals surface area contributed by atoms with Crippen molar-refractivity contribution in [3.63, 3.8) is 0 Å². The first-order valence-corrected chi connectivity index (χ1v) is 23.4. The molecule has 0 aliphatic carbocycles. The largest absolute Gasteiger partial charge is 0.464 e. The zero-order valence-corrected chi connectivity index (χ0v) is 40.1. The maximum Gasteiger partial charge on any atom is 0.324 e. The highest BCUT2D eigenvalue weighted by molar-refractivity contribution is 5.96. The van der Waals surface area contributed by atoms with Gasteiger partial charge < -0.3 is 29.2 Å². The fraction of sp³-hybridized carbons (Fsp3) is 0.500. The average Bonchev–Trinajstić information content (AvgIpc) is 3.85. The van der Waals surface area contributed by atoms with Crippen molar-refractivity contribution in [2.75, 3.05) is 40.4 Å².